The molecule has 3 atom stereocenters. The fraction of sp³-hybridized carbons (Fsp3) is 0.333. The number of ether oxygens (including phenoxy) is 1. The highest BCUT2D eigenvalue weighted by Gasteiger charge is 2.42. The summed E-state index contributed by atoms with van der Waals surface area (Å²) < 4.78 is 19.7. The number of rotatable bonds is 8. The van der Waals surface area contributed by atoms with Crippen LogP contribution in [-0.4, -0.2) is 61.4 Å². The molecule has 0 bridgehead atoms. The summed E-state index contributed by atoms with van der Waals surface area (Å²) in [6.07, 6.45) is 0.748. The van der Waals surface area contributed by atoms with Crippen molar-refractivity contribution in [2.75, 3.05) is 39.8 Å². The van der Waals surface area contributed by atoms with Crippen LogP contribution in [0.4, 0.5) is 4.39 Å². The van der Waals surface area contributed by atoms with Crippen LogP contribution < -0.4 is 10.1 Å². The van der Waals surface area contributed by atoms with Crippen molar-refractivity contribution in [3.05, 3.63) is 100 Å². The molecule has 0 saturated carbocycles. The molecule has 0 radical (unpaired) electrons. The van der Waals surface area contributed by atoms with Gasteiger partial charge in [-0.1, -0.05) is 60.1 Å². The van der Waals surface area contributed by atoms with Crippen molar-refractivity contribution in [1.82, 2.24) is 15.1 Å². The summed E-state index contributed by atoms with van der Waals surface area (Å²) in [4.78, 5) is 30.3. The molecule has 2 amide bonds. The topological polar surface area (TPSA) is 61.9 Å². The number of halogens is 2. The Morgan fingerprint density at radius 1 is 0.974 bits per heavy atom. The molecule has 1 N–H and O–H groups in total. The molecule has 198 valence electrons. The third-order valence-corrected chi connectivity index (χ3v) is 7.93. The van der Waals surface area contributed by atoms with Gasteiger partial charge < -0.3 is 19.9 Å². The van der Waals surface area contributed by atoms with Gasteiger partial charge >= 0.3 is 0 Å². The number of carbonyl (C=O) groups is 2. The summed E-state index contributed by atoms with van der Waals surface area (Å²) in [6.45, 7) is 3.73. The Labute approximate surface area is 227 Å². The van der Waals surface area contributed by atoms with Gasteiger partial charge in [0.05, 0.1) is 29.3 Å². The number of nitrogens with zero attached hydrogens (tertiary/aromatic N) is 2. The molecule has 2 aliphatic heterocycles. The van der Waals surface area contributed by atoms with Crippen molar-refractivity contribution >= 4 is 23.4 Å². The second kappa shape index (κ2) is 11.5. The number of methoxy groups -OCH3 is 1. The summed E-state index contributed by atoms with van der Waals surface area (Å²) >= 11 is 6.13. The van der Waals surface area contributed by atoms with Crippen molar-refractivity contribution in [1.29, 1.82) is 0 Å². The van der Waals surface area contributed by atoms with Gasteiger partial charge in [0, 0.05) is 32.7 Å². The quantitative estimate of drug-likeness (QED) is 0.438. The molecule has 3 aromatic rings. The van der Waals surface area contributed by atoms with Crippen molar-refractivity contribution in [2.24, 2.45) is 11.8 Å². The minimum absolute atomic E-state index is 0.0394. The highest BCUT2D eigenvalue weighted by atomic mass is 35.5. The molecular weight excluding hydrogens is 505 g/mol. The first kappa shape index (κ1) is 26.2. The van der Waals surface area contributed by atoms with Crippen LogP contribution in [0.3, 0.4) is 0 Å². The summed E-state index contributed by atoms with van der Waals surface area (Å²) in [7, 11) is 1.56. The van der Waals surface area contributed by atoms with Crippen LogP contribution in [0.2, 0.25) is 5.02 Å². The van der Waals surface area contributed by atoms with Crippen LogP contribution in [0.15, 0.2) is 72.8 Å². The lowest BCUT2D eigenvalue weighted by molar-refractivity contribution is 0.0769. The van der Waals surface area contributed by atoms with Gasteiger partial charge in [-0.25, -0.2) is 4.39 Å². The maximum atomic E-state index is 14.3. The van der Waals surface area contributed by atoms with Gasteiger partial charge in [-0.2, -0.15) is 0 Å². The highest BCUT2D eigenvalue weighted by molar-refractivity contribution is 6.33. The van der Waals surface area contributed by atoms with E-state index >= 15 is 0 Å². The summed E-state index contributed by atoms with van der Waals surface area (Å²) in [5.41, 5.74) is 1.52. The summed E-state index contributed by atoms with van der Waals surface area (Å²) in [6, 6.07) is 21.4. The molecule has 8 heteroatoms. The molecule has 5 rings (SSSR count). The molecule has 38 heavy (non-hydrogen) atoms. The van der Waals surface area contributed by atoms with Crippen molar-refractivity contribution in [3.8, 4) is 5.75 Å². The minimum atomic E-state index is -0.580. The zero-order valence-electron chi connectivity index (χ0n) is 21.3. The molecular formula is C30H31ClFN3O3. The molecule has 2 heterocycles. The second-order valence-electron chi connectivity index (χ2n) is 10.0. The van der Waals surface area contributed by atoms with E-state index in [1.807, 2.05) is 42.5 Å². The zero-order valence-corrected chi connectivity index (χ0v) is 22.0. The monoisotopic (exact) mass is 535 g/mol. The van der Waals surface area contributed by atoms with E-state index < -0.39 is 5.82 Å². The lowest BCUT2D eigenvalue weighted by atomic mass is 10.0. The van der Waals surface area contributed by atoms with E-state index in [0.717, 1.165) is 31.6 Å². The van der Waals surface area contributed by atoms with E-state index in [1.165, 1.54) is 12.1 Å². The average Bonchev–Trinajstić information content (AvgIpc) is 3.50. The van der Waals surface area contributed by atoms with Crippen LogP contribution in [0, 0.1) is 17.7 Å². The van der Waals surface area contributed by atoms with Crippen LogP contribution in [-0.2, 0) is 0 Å². The Hall–Kier alpha value is -3.42. The molecule has 0 spiro atoms. The first-order valence-electron chi connectivity index (χ1n) is 12.9. The lowest BCUT2D eigenvalue weighted by Crippen LogP contribution is -2.35. The first-order chi connectivity index (χ1) is 18.4. The number of carbonyl (C=O) groups excluding carboxylic acids is 2. The molecule has 0 aromatic heterocycles. The number of fused-ring (bicyclic) bond motifs is 1. The lowest BCUT2D eigenvalue weighted by Gasteiger charge is -2.25. The number of hydrogen-bond acceptors (Lipinski definition) is 4. The van der Waals surface area contributed by atoms with Crippen molar-refractivity contribution in [2.45, 2.75) is 12.5 Å². The smallest absolute Gasteiger partial charge is 0.258 e. The Morgan fingerprint density at radius 3 is 2.34 bits per heavy atom. The van der Waals surface area contributed by atoms with Gasteiger partial charge in [-0.15, -0.1) is 0 Å². The van der Waals surface area contributed by atoms with E-state index in [0.29, 0.717) is 36.2 Å². The summed E-state index contributed by atoms with van der Waals surface area (Å²) in [5, 5.41) is 3.35. The van der Waals surface area contributed by atoms with Crippen LogP contribution in [0.5, 0.6) is 5.75 Å². The van der Waals surface area contributed by atoms with Crippen molar-refractivity contribution in [3.63, 3.8) is 0 Å². The fourth-order valence-electron chi connectivity index (χ4n) is 5.69. The maximum Gasteiger partial charge on any atom is 0.258 e. The van der Waals surface area contributed by atoms with E-state index in [9.17, 15) is 14.0 Å². The van der Waals surface area contributed by atoms with Crippen LogP contribution in [0.1, 0.15) is 38.7 Å². The number of hydrogen-bond donors (Lipinski definition) is 1. The third-order valence-electron chi connectivity index (χ3n) is 7.62. The number of amides is 2. The largest absolute Gasteiger partial charge is 0.496 e. The van der Waals surface area contributed by atoms with Gasteiger partial charge in [-0.05, 0) is 48.1 Å². The number of likely N-dealkylation sites (tertiary alicyclic amines) is 2. The minimum Gasteiger partial charge on any atom is -0.496 e. The fourth-order valence-corrected chi connectivity index (χ4v) is 5.93. The molecule has 2 aliphatic rings. The van der Waals surface area contributed by atoms with Gasteiger partial charge in [-0.3, -0.25) is 9.59 Å². The number of para-hydroxylation sites is 1. The van der Waals surface area contributed by atoms with E-state index in [2.05, 4.69) is 10.2 Å². The van der Waals surface area contributed by atoms with Gasteiger partial charge in [0.2, 0.25) is 0 Å². The molecule has 3 unspecified atom stereocenters. The van der Waals surface area contributed by atoms with Crippen LogP contribution in [0.25, 0.3) is 0 Å². The molecule has 2 saturated heterocycles. The van der Waals surface area contributed by atoms with Gasteiger partial charge in [0.1, 0.15) is 11.6 Å². The summed E-state index contributed by atoms with van der Waals surface area (Å²) in [5.74, 6) is 0.127. The van der Waals surface area contributed by atoms with Crippen molar-refractivity contribution < 1.29 is 18.7 Å². The Balaban J connectivity index is 1.20. The van der Waals surface area contributed by atoms with Gasteiger partial charge in [0.15, 0.2) is 0 Å². The second-order valence-corrected chi connectivity index (χ2v) is 10.4. The SMILES string of the molecule is COc1ccccc1C(=O)NC(CCN1CC2CN(C(=O)c3c(F)cccc3Cl)CC2C1)c1ccccc1. The highest BCUT2D eigenvalue weighted by Crippen LogP contribution is 2.34. The Morgan fingerprint density at radius 2 is 1.66 bits per heavy atom. The number of benzene rings is 3. The molecule has 2 fully saturated rings. The predicted molar refractivity (Wildman–Crippen MR) is 145 cm³/mol. The Bertz CT molecular complexity index is 1270. The van der Waals surface area contributed by atoms with Crippen LogP contribution >= 0.6 is 11.6 Å². The molecule has 0 aliphatic carbocycles. The predicted octanol–water partition coefficient (Wildman–Crippen LogP) is 5.05. The molecule has 3 aromatic carbocycles. The standard InChI is InChI=1S/C30H31ClFN3O3/c1-38-27-13-6-5-10-23(27)29(36)33-26(20-8-3-2-4-9-20)14-15-34-16-21-18-35(19-22(21)17-34)30(37)28-24(31)11-7-12-25(28)32/h2-13,21-22,26H,14-19H2,1H3,(H,33,36). The number of nitrogens with one attached hydrogen (secondary N) is 1. The Kier molecular flexibility index (Phi) is 7.95. The van der Waals surface area contributed by atoms with E-state index in [4.69, 9.17) is 16.3 Å². The van der Waals surface area contributed by atoms with E-state index in [-0.39, 0.29) is 28.4 Å². The average molecular weight is 536 g/mol. The zero-order chi connectivity index (χ0) is 26.6. The van der Waals surface area contributed by atoms with E-state index in [1.54, 1.807) is 30.2 Å². The maximum absolute atomic E-state index is 14.3. The third kappa shape index (κ3) is 5.54. The normalized spacial score (nSPS) is 19.7. The molecule has 6 nitrogen and oxygen atoms in total. The first-order valence-corrected chi connectivity index (χ1v) is 13.3. The van der Waals surface area contributed by atoms with Gasteiger partial charge in [0.25, 0.3) is 11.8 Å².